The average Bonchev–Trinajstić information content (AvgIpc) is 3.34. The fraction of sp³-hybridized carbons (Fsp3) is 0.429. The van der Waals surface area contributed by atoms with Crippen LogP contribution in [0.1, 0.15) is 72.3 Å². The second-order valence-electron chi connectivity index (χ2n) is 14.8. The topological polar surface area (TPSA) is 107 Å². The number of hydrogen-bond acceptors (Lipinski definition) is 6. The minimum Gasteiger partial charge on any atom is -0.508 e. The number of carbonyl (C=O) groups excluding carboxylic acids is 2. The summed E-state index contributed by atoms with van der Waals surface area (Å²) in [7, 11) is -2.98. The van der Waals surface area contributed by atoms with Gasteiger partial charge < -0.3 is 19.7 Å². The second kappa shape index (κ2) is 16.0. The number of amides is 2. The van der Waals surface area contributed by atoms with Gasteiger partial charge in [0.2, 0.25) is 11.8 Å². The molecule has 2 amide bonds. The average molecular weight is 696 g/mol. The van der Waals surface area contributed by atoms with Crippen molar-refractivity contribution >= 4 is 36.6 Å². The van der Waals surface area contributed by atoms with Crippen LogP contribution in [0.25, 0.3) is 6.08 Å². The molecule has 1 aliphatic carbocycles. The molecule has 5 rings (SSSR count). The van der Waals surface area contributed by atoms with Crippen LogP contribution in [0.2, 0.25) is 5.04 Å². The third-order valence-electron chi connectivity index (χ3n) is 10.6. The van der Waals surface area contributed by atoms with E-state index < -0.39 is 32.2 Å². The van der Waals surface area contributed by atoms with Crippen molar-refractivity contribution in [3.8, 4) is 5.75 Å². The number of fused-ring (bicyclic) bond motifs is 1. The number of aromatic hydroxyl groups is 1. The smallest absolute Gasteiger partial charge is 0.261 e. The van der Waals surface area contributed by atoms with Gasteiger partial charge in [-0.1, -0.05) is 119 Å². The molecule has 7 nitrogen and oxygen atoms in total. The molecule has 4 atom stereocenters. The summed E-state index contributed by atoms with van der Waals surface area (Å²) in [6, 6.07) is 27.8. The fourth-order valence-corrected chi connectivity index (χ4v) is 12.8. The van der Waals surface area contributed by atoms with Gasteiger partial charge in [-0.25, -0.2) is 0 Å². The van der Waals surface area contributed by atoms with Crippen molar-refractivity contribution in [1.29, 1.82) is 0 Å². The molecule has 1 heterocycles. The quantitative estimate of drug-likeness (QED) is 0.105. The molecule has 8 heteroatoms. The van der Waals surface area contributed by atoms with Crippen LogP contribution >= 0.6 is 0 Å². The van der Waals surface area contributed by atoms with Crippen molar-refractivity contribution in [2.75, 3.05) is 19.8 Å². The third-order valence-corrected chi connectivity index (χ3v) is 15.6. The van der Waals surface area contributed by atoms with E-state index in [9.17, 15) is 24.9 Å². The predicted octanol–water partition coefficient (Wildman–Crippen LogP) is 6.22. The van der Waals surface area contributed by atoms with Crippen LogP contribution in [0.15, 0.2) is 102 Å². The Morgan fingerprint density at radius 1 is 0.960 bits per heavy atom. The standard InChI is InChI=1S/C42H53NO6Si/c1-6-23-43-40(47)35-26-31(28-49-50(42(3,4)5,33-17-10-8-11-18-33)34-19-12-9-13-20-34)38(36(27-44)39(35)41(43)48)37(46)22-21-29(7-2)24-30-15-14-16-32(45)25-30/h8-20,24-25,35-37,39,44-46H,6-7,21-23,26-28H2,1-5H3/b29-24+/t35-,36+,37-,39-/m1/s1. The SMILES string of the molecule is CCCN1C(=O)[C@@H]2[C@@H](CC(CO[Si](c3ccccc3)(c3ccccc3)C(C)(C)C)=C([C@H](O)CC/C(=C/c3cccc(O)c3)CC)[C@@H]2CO)C1=O. The molecule has 2 aliphatic rings. The maximum absolute atomic E-state index is 13.8. The van der Waals surface area contributed by atoms with E-state index in [0.29, 0.717) is 37.8 Å². The number of likely N-dealkylation sites (tertiary alicyclic amines) is 1. The van der Waals surface area contributed by atoms with Gasteiger partial charge in [-0.3, -0.25) is 14.5 Å². The Labute approximate surface area is 298 Å². The molecular weight excluding hydrogens is 643 g/mol. The zero-order valence-electron chi connectivity index (χ0n) is 30.1. The molecule has 266 valence electrons. The van der Waals surface area contributed by atoms with E-state index in [4.69, 9.17) is 4.43 Å². The van der Waals surface area contributed by atoms with Gasteiger partial charge in [0.25, 0.3) is 8.32 Å². The highest BCUT2D eigenvalue weighted by Crippen LogP contribution is 2.47. The van der Waals surface area contributed by atoms with E-state index in [1.807, 2.05) is 55.5 Å². The molecule has 50 heavy (non-hydrogen) atoms. The first-order valence-corrected chi connectivity index (χ1v) is 20.0. The van der Waals surface area contributed by atoms with Crippen molar-refractivity contribution in [2.24, 2.45) is 17.8 Å². The summed E-state index contributed by atoms with van der Waals surface area (Å²) in [6.45, 7) is 10.8. The number of aliphatic hydroxyl groups excluding tert-OH is 2. The zero-order chi connectivity index (χ0) is 36.1. The lowest BCUT2D eigenvalue weighted by atomic mass is 9.68. The Morgan fingerprint density at radius 3 is 2.14 bits per heavy atom. The molecule has 3 aromatic rings. The van der Waals surface area contributed by atoms with Gasteiger partial charge in [-0.15, -0.1) is 0 Å². The lowest BCUT2D eigenvalue weighted by Gasteiger charge is -2.44. The second-order valence-corrected chi connectivity index (χ2v) is 19.1. The molecule has 3 aromatic carbocycles. The Hall–Kier alpha value is -3.82. The molecule has 0 bridgehead atoms. The minimum absolute atomic E-state index is 0.175. The maximum atomic E-state index is 13.8. The molecular formula is C42H53NO6Si. The molecule has 1 aliphatic heterocycles. The zero-order valence-corrected chi connectivity index (χ0v) is 31.1. The van der Waals surface area contributed by atoms with Crippen molar-refractivity contribution in [3.05, 3.63) is 107 Å². The van der Waals surface area contributed by atoms with E-state index in [1.54, 1.807) is 18.2 Å². The number of hydrogen-bond donors (Lipinski definition) is 3. The number of carbonyl (C=O) groups is 2. The number of imide groups is 1. The molecule has 0 spiro atoms. The number of allylic oxidation sites excluding steroid dienone is 1. The van der Waals surface area contributed by atoms with Crippen LogP contribution in [0.5, 0.6) is 5.75 Å². The van der Waals surface area contributed by atoms with Gasteiger partial charge in [0.15, 0.2) is 0 Å². The maximum Gasteiger partial charge on any atom is 0.261 e. The molecule has 3 N–H and O–H groups in total. The molecule has 1 fully saturated rings. The summed E-state index contributed by atoms with van der Waals surface area (Å²) in [5.74, 6) is -2.26. The highest BCUT2D eigenvalue weighted by atomic mass is 28.4. The Morgan fingerprint density at radius 2 is 1.60 bits per heavy atom. The van der Waals surface area contributed by atoms with Gasteiger partial charge in [-0.2, -0.15) is 0 Å². The van der Waals surface area contributed by atoms with Crippen molar-refractivity contribution < 1.29 is 29.3 Å². The lowest BCUT2D eigenvalue weighted by molar-refractivity contribution is -0.140. The highest BCUT2D eigenvalue weighted by molar-refractivity contribution is 6.99. The van der Waals surface area contributed by atoms with E-state index in [0.717, 1.165) is 33.5 Å². The van der Waals surface area contributed by atoms with Gasteiger partial charge in [0.05, 0.1) is 31.2 Å². The molecule has 0 unspecified atom stereocenters. The number of phenolic OH excluding ortho intramolecular Hbond substituents is 1. The molecule has 0 radical (unpaired) electrons. The number of rotatable bonds is 14. The third kappa shape index (κ3) is 7.44. The largest absolute Gasteiger partial charge is 0.508 e. The summed E-state index contributed by atoms with van der Waals surface area (Å²) in [4.78, 5) is 28.9. The normalized spacial score (nSPS) is 20.7. The Balaban J connectivity index is 1.57. The van der Waals surface area contributed by atoms with Crippen LogP contribution in [-0.4, -0.2) is 66.2 Å². The summed E-state index contributed by atoms with van der Waals surface area (Å²) >= 11 is 0. The number of benzene rings is 3. The number of aliphatic hydroxyl groups is 2. The summed E-state index contributed by atoms with van der Waals surface area (Å²) in [5, 5.41) is 35.0. The fourth-order valence-electron chi connectivity index (χ4n) is 8.24. The van der Waals surface area contributed by atoms with E-state index >= 15 is 0 Å². The first-order chi connectivity index (χ1) is 24.0. The van der Waals surface area contributed by atoms with Gasteiger partial charge in [-0.05, 0) is 76.4 Å². The van der Waals surface area contributed by atoms with Gasteiger partial charge >= 0.3 is 0 Å². The van der Waals surface area contributed by atoms with Crippen molar-refractivity contribution in [1.82, 2.24) is 4.90 Å². The molecule has 0 aromatic heterocycles. The Kier molecular flexibility index (Phi) is 12.0. The molecule has 1 saturated heterocycles. The first-order valence-electron chi connectivity index (χ1n) is 18.1. The van der Waals surface area contributed by atoms with Crippen LogP contribution in [-0.2, 0) is 14.0 Å². The van der Waals surface area contributed by atoms with Crippen LogP contribution < -0.4 is 10.4 Å². The van der Waals surface area contributed by atoms with E-state index in [2.05, 4.69) is 52.0 Å². The van der Waals surface area contributed by atoms with Crippen LogP contribution in [0.4, 0.5) is 0 Å². The monoisotopic (exact) mass is 695 g/mol. The Bertz CT molecular complexity index is 1660. The van der Waals surface area contributed by atoms with Gasteiger partial charge in [0, 0.05) is 12.5 Å². The van der Waals surface area contributed by atoms with Crippen molar-refractivity contribution in [2.45, 2.75) is 77.9 Å². The van der Waals surface area contributed by atoms with Gasteiger partial charge in [0.1, 0.15) is 5.75 Å². The van der Waals surface area contributed by atoms with Crippen molar-refractivity contribution in [3.63, 3.8) is 0 Å². The summed E-state index contributed by atoms with van der Waals surface area (Å²) in [5.41, 5.74) is 3.44. The minimum atomic E-state index is -2.98. The highest BCUT2D eigenvalue weighted by Gasteiger charge is 2.55. The van der Waals surface area contributed by atoms with Crippen LogP contribution in [0, 0.1) is 17.8 Å². The van der Waals surface area contributed by atoms with E-state index in [-0.39, 0.29) is 35.8 Å². The number of phenols is 1. The van der Waals surface area contributed by atoms with E-state index in [1.165, 1.54) is 4.90 Å². The summed E-state index contributed by atoms with van der Waals surface area (Å²) < 4.78 is 7.34. The predicted molar refractivity (Wildman–Crippen MR) is 201 cm³/mol. The molecule has 0 saturated carbocycles. The lowest BCUT2D eigenvalue weighted by Crippen LogP contribution is -2.66. The number of nitrogens with zero attached hydrogens (tertiary/aromatic N) is 1. The summed E-state index contributed by atoms with van der Waals surface area (Å²) in [6.07, 6.45) is 3.77. The first kappa shape index (κ1) is 37.4. The van der Waals surface area contributed by atoms with Crippen LogP contribution in [0.3, 0.4) is 0 Å².